The molecule has 0 spiro atoms. The molecule has 4 heteroatoms. The summed E-state index contributed by atoms with van der Waals surface area (Å²) in [5.41, 5.74) is 6.52. The zero-order valence-corrected chi connectivity index (χ0v) is 22.0. The van der Waals surface area contributed by atoms with Crippen molar-refractivity contribution in [3.05, 3.63) is 87.4 Å². The Kier molecular flexibility index (Phi) is 5.22. The first-order valence-electron chi connectivity index (χ1n) is 12.3. The SMILES string of the molecule is Brc1ccc2c3c(cccc13)CC2.CC1(C)OB(c2ccc3c4c(cccc24)CC3)OC1(C)C. The number of aryl methyl sites for hydroxylation is 4. The third-order valence-corrected chi connectivity index (χ3v) is 8.93. The topological polar surface area (TPSA) is 18.5 Å². The molecule has 7 rings (SSSR count). The molecular weight excluding hydrogens is 483 g/mol. The molecule has 3 aliphatic rings. The highest BCUT2D eigenvalue weighted by Crippen LogP contribution is 2.38. The number of halogens is 1. The van der Waals surface area contributed by atoms with Crippen LogP contribution in [0.3, 0.4) is 0 Å². The molecule has 0 aromatic heterocycles. The molecule has 0 bridgehead atoms. The lowest BCUT2D eigenvalue weighted by molar-refractivity contribution is 0.00578. The van der Waals surface area contributed by atoms with Gasteiger partial charge < -0.3 is 9.31 Å². The lowest BCUT2D eigenvalue weighted by atomic mass is 9.75. The van der Waals surface area contributed by atoms with E-state index in [1.54, 1.807) is 0 Å². The molecule has 34 heavy (non-hydrogen) atoms. The quantitative estimate of drug-likeness (QED) is 0.257. The lowest BCUT2D eigenvalue weighted by Crippen LogP contribution is -2.41. The van der Waals surface area contributed by atoms with Gasteiger partial charge >= 0.3 is 7.12 Å². The van der Waals surface area contributed by atoms with Gasteiger partial charge in [-0.15, -0.1) is 0 Å². The van der Waals surface area contributed by atoms with Crippen molar-refractivity contribution in [2.45, 2.75) is 64.6 Å². The van der Waals surface area contributed by atoms with Crippen LogP contribution in [0.1, 0.15) is 49.9 Å². The second-order valence-corrected chi connectivity index (χ2v) is 11.6. The van der Waals surface area contributed by atoms with Crippen molar-refractivity contribution < 1.29 is 9.31 Å². The fourth-order valence-electron chi connectivity index (χ4n) is 5.66. The Balaban J connectivity index is 0.000000143. The number of hydrogen-bond acceptors (Lipinski definition) is 2. The molecule has 0 atom stereocenters. The van der Waals surface area contributed by atoms with E-state index in [0.717, 1.165) is 18.3 Å². The molecule has 4 aromatic rings. The van der Waals surface area contributed by atoms with E-state index < -0.39 is 0 Å². The fourth-order valence-corrected chi connectivity index (χ4v) is 6.12. The van der Waals surface area contributed by atoms with Gasteiger partial charge in [0.05, 0.1) is 11.2 Å². The van der Waals surface area contributed by atoms with Crippen molar-refractivity contribution in [2.24, 2.45) is 0 Å². The summed E-state index contributed by atoms with van der Waals surface area (Å²) in [6.45, 7) is 8.42. The molecule has 1 heterocycles. The maximum absolute atomic E-state index is 6.24. The number of benzene rings is 4. The standard InChI is InChI=1S/C18H21BO2.C12H9Br/c1-17(2)18(3,4)21-19(20-17)15-11-10-13-9-8-12-6-5-7-14(15)16(12)13;13-11-7-6-9-5-4-8-2-1-3-10(11)12(8)9/h5-7,10-11H,8-9H2,1-4H3;1-3,6-7H,4-5H2. The van der Waals surface area contributed by atoms with Gasteiger partial charge in [0.25, 0.3) is 0 Å². The van der Waals surface area contributed by atoms with Gasteiger partial charge in [-0.25, -0.2) is 0 Å². The minimum Gasteiger partial charge on any atom is -0.399 e. The molecule has 0 radical (unpaired) electrons. The summed E-state index contributed by atoms with van der Waals surface area (Å²) in [5, 5.41) is 5.56. The summed E-state index contributed by atoms with van der Waals surface area (Å²) in [5.74, 6) is 0. The second-order valence-electron chi connectivity index (χ2n) is 10.8. The second kappa shape index (κ2) is 7.94. The Morgan fingerprint density at radius 3 is 1.68 bits per heavy atom. The van der Waals surface area contributed by atoms with Crippen LogP contribution in [-0.2, 0) is 35.0 Å². The van der Waals surface area contributed by atoms with E-state index in [2.05, 4.69) is 104 Å². The highest BCUT2D eigenvalue weighted by molar-refractivity contribution is 9.10. The summed E-state index contributed by atoms with van der Waals surface area (Å²) in [6, 6.07) is 22.0. The van der Waals surface area contributed by atoms with Crippen molar-refractivity contribution in [3.8, 4) is 0 Å². The molecule has 1 aliphatic heterocycles. The van der Waals surface area contributed by atoms with Crippen LogP contribution in [-0.4, -0.2) is 18.3 Å². The van der Waals surface area contributed by atoms with Crippen LogP contribution in [0.25, 0.3) is 21.5 Å². The van der Waals surface area contributed by atoms with Crippen LogP contribution < -0.4 is 5.46 Å². The molecule has 1 saturated heterocycles. The largest absolute Gasteiger partial charge is 0.495 e. The molecular formula is C30H30BBrO2. The highest BCUT2D eigenvalue weighted by Gasteiger charge is 2.52. The van der Waals surface area contributed by atoms with Crippen molar-refractivity contribution in [2.75, 3.05) is 0 Å². The van der Waals surface area contributed by atoms with E-state index in [1.807, 2.05) is 0 Å². The monoisotopic (exact) mass is 512 g/mol. The van der Waals surface area contributed by atoms with E-state index >= 15 is 0 Å². The molecule has 2 aliphatic carbocycles. The summed E-state index contributed by atoms with van der Waals surface area (Å²) < 4.78 is 13.7. The molecule has 0 N–H and O–H groups in total. The maximum atomic E-state index is 6.24. The van der Waals surface area contributed by atoms with Gasteiger partial charge in [-0.05, 0) is 109 Å². The first kappa shape index (κ1) is 22.3. The Labute approximate surface area is 210 Å². The summed E-state index contributed by atoms with van der Waals surface area (Å²) in [6.07, 6.45) is 4.73. The van der Waals surface area contributed by atoms with Crippen molar-refractivity contribution in [3.63, 3.8) is 0 Å². The predicted octanol–water partition coefficient (Wildman–Crippen LogP) is 6.94. The van der Waals surface area contributed by atoms with Crippen LogP contribution in [0.4, 0.5) is 0 Å². The van der Waals surface area contributed by atoms with Crippen LogP contribution in [0.2, 0.25) is 0 Å². The van der Waals surface area contributed by atoms with E-state index in [4.69, 9.17) is 9.31 Å². The molecule has 2 nitrogen and oxygen atoms in total. The lowest BCUT2D eigenvalue weighted by Gasteiger charge is -2.32. The Bertz CT molecular complexity index is 1400. The van der Waals surface area contributed by atoms with Gasteiger partial charge in [0.2, 0.25) is 0 Å². The minimum atomic E-state index is -0.291. The molecule has 4 aromatic carbocycles. The Hall–Kier alpha value is -2.14. The highest BCUT2D eigenvalue weighted by atomic mass is 79.9. The molecule has 0 amide bonds. The molecule has 0 saturated carbocycles. The normalized spacial score (nSPS) is 19.0. The third-order valence-electron chi connectivity index (χ3n) is 8.24. The van der Waals surface area contributed by atoms with Crippen LogP contribution in [0.5, 0.6) is 0 Å². The Morgan fingerprint density at radius 2 is 1.09 bits per heavy atom. The van der Waals surface area contributed by atoms with Gasteiger partial charge in [0.15, 0.2) is 0 Å². The Morgan fingerprint density at radius 1 is 0.618 bits per heavy atom. The van der Waals surface area contributed by atoms with Crippen LogP contribution >= 0.6 is 15.9 Å². The fraction of sp³-hybridized carbons (Fsp3) is 0.333. The summed E-state index contributed by atoms with van der Waals surface area (Å²) in [7, 11) is -0.278. The predicted molar refractivity (Wildman–Crippen MR) is 146 cm³/mol. The van der Waals surface area contributed by atoms with Gasteiger partial charge in [-0.2, -0.15) is 0 Å². The zero-order valence-electron chi connectivity index (χ0n) is 20.4. The first-order valence-corrected chi connectivity index (χ1v) is 13.1. The van der Waals surface area contributed by atoms with Crippen LogP contribution in [0.15, 0.2) is 65.1 Å². The molecule has 1 fully saturated rings. The first-order chi connectivity index (χ1) is 16.2. The average Bonchev–Trinajstić information content (AvgIpc) is 3.48. The summed E-state index contributed by atoms with van der Waals surface area (Å²) >= 11 is 3.59. The maximum Gasteiger partial charge on any atom is 0.495 e. The summed E-state index contributed by atoms with van der Waals surface area (Å²) in [4.78, 5) is 0. The zero-order chi connectivity index (χ0) is 23.7. The van der Waals surface area contributed by atoms with E-state index in [9.17, 15) is 0 Å². The van der Waals surface area contributed by atoms with Crippen molar-refractivity contribution >= 4 is 50.1 Å². The van der Waals surface area contributed by atoms with Crippen molar-refractivity contribution in [1.82, 2.24) is 0 Å². The number of rotatable bonds is 1. The van der Waals surface area contributed by atoms with E-state index in [0.29, 0.717) is 0 Å². The van der Waals surface area contributed by atoms with Gasteiger partial charge in [0.1, 0.15) is 0 Å². The van der Waals surface area contributed by atoms with E-state index in [-0.39, 0.29) is 18.3 Å². The van der Waals surface area contributed by atoms with Gasteiger partial charge in [0, 0.05) is 4.47 Å². The average molecular weight is 513 g/mol. The molecule has 172 valence electrons. The number of hydrogen-bond donors (Lipinski definition) is 0. The minimum absolute atomic E-state index is 0.278. The van der Waals surface area contributed by atoms with Crippen molar-refractivity contribution in [1.29, 1.82) is 0 Å². The smallest absolute Gasteiger partial charge is 0.399 e. The van der Waals surface area contributed by atoms with E-state index in [1.165, 1.54) is 61.1 Å². The van der Waals surface area contributed by atoms with Gasteiger partial charge in [-0.3, -0.25) is 0 Å². The van der Waals surface area contributed by atoms with Gasteiger partial charge in [-0.1, -0.05) is 70.5 Å². The van der Waals surface area contributed by atoms with Crippen LogP contribution in [0, 0.1) is 0 Å². The third kappa shape index (κ3) is 3.45. The molecule has 0 unspecified atom stereocenters.